The largest absolute Gasteiger partial charge is 0.354 e. The van der Waals surface area contributed by atoms with Crippen molar-refractivity contribution in [3.05, 3.63) is 23.9 Å². The maximum atomic E-state index is 13.5. The normalized spacial score (nSPS) is 22.2. The molecule has 1 aliphatic rings. The van der Waals surface area contributed by atoms with E-state index in [0.29, 0.717) is 12.1 Å². The summed E-state index contributed by atoms with van der Waals surface area (Å²) in [7, 11) is 0. The number of rotatable bonds is 1. The van der Waals surface area contributed by atoms with Crippen LogP contribution in [0.2, 0.25) is 0 Å². The van der Waals surface area contributed by atoms with Crippen LogP contribution >= 0.6 is 0 Å². The third-order valence-electron chi connectivity index (χ3n) is 3.07. The maximum absolute atomic E-state index is 13.5. The van der Waals surface area contributed by atoms with E-state index in [0.717, 1.165) is 18.8 Å². The third kappa shape index (κ3) is 4.51. The summed E-state index contributed by atoms with van der Waals surface area (Å²) in [5.41, 5.74) is 0.533. The van der Waals surface area contributed by atoms with Gasteiger partial charge in [0.1, 0.15) is 18.1 Å². The number of piperidine rings is 1. The number of nitrogens with zero attached hydrogens (tertiary/aromatic N) is 3. The van der Waals surface area contributed by atoms with Crippen LogP contribution in [0.3, 0.4) is 0 Å². The standard InChI is InChI=1S/C12H14FN3.C3H8/c1-9-4-5-16(8-11(9)13)12-3-2-10(6-14)7-15-12;1-3-2/h2-3,7,9,11H,4-5,8H2,1H3;3H2,1-2H3. The summed E-state index contributed by atoms with van der Waals surface area (Å²) in [6, 6.07) is 5.51. The zero-order chi connectivity index (χ0) is 14.3. The summed E-state index contributed by atoms with van der Waals surface area (Å²) in [6.45, 7) is 7.43. The van der Waals surface area contributed by atoms with E-state index in [4.69, 9.17) is 5.26 Å². The summed E-state index contributed by atoms with van der Waals surface area (Å²) < 4.78 is 13.5. The highest BCUT2D eigenvalue weighted by Gasteiger charge is 2.26. The van der Waals surface area contributed by atoms with Crippen LogP contribution in [0.1, 0.15) is 39.2 Å². The van der Waals surface area contributed by atoms with Gasteiger partial charge in [-0.15, -0.1) is 0 Å². The summed E-state index contributed by atoms with van der Waals surface area (Å²) >= 11 is 0. The molecule has 1 aromatic rings. The third-order valence-corrected chi connectivity index (χ3v) is 3.07. The Labute approximate surface area is 115 Å². The molecule has 0 bridgehead atoms. The zero-order valence-corrected chi connectivity index (χ0v) is 11.9. The number of anilines is 1. The molecular weight excluding hydrogens is 241 g/mol. The molecule has 19 heavy (non-hydrogen) atoms. The van der Waals surface area contributed by atoms with Crippen molar-refractivity contribution in [3.8, 4) is 6.07 Å². The van der Waals surface area contributed by atoms with Crippen LogP contribution in [0, 0.1) is 17.2 Å². The van der Waals surface area contributed by atoms with Crippen LogP contribution < -0.4 is 4.90 Å². The van der Waals surface area contributed by atoms with Crippen molar-refractivity contribution >= 4 is 5.82 Å². The van der Waals surface area contributed by atoms with Gasteiger partial charge < -0.3 is 4.90 Å². The predicted octanol–water partition coefficient (Wildman–Crippen LogP) is 3.55. The van der Waals surface area contributed by atoms with E-state index < -0.39 is 6.17 Å². The molecule has 4 heteroatoms. The number of halogens is 1. The van der Waals surface area contributed by atoms with E-state index >= 15 is 0 Å². The van der Waals surface area contributed by atoms with E-state index in [-0.39, 0.29) is 5.92 Å². The van der Waals surface area contributed by atoms with Crippen LogP contribution in [0.25, 0.3) is 0 Å². The van der Waals surface area contributed by atoms with Gasteiger partial charge in [-0.05, 0) is 24.5 Å². The van der Waals surface area contributed by atoms with E-state index in [9.17, 15) is 4.39 Å². The lowest BCUT2D eigenvalue weighted by atomic mass is 9.97. The van der Waals surface area contributed by atoms with Gasteiger partial charge in [0.05, 0.1) is 12.1 Å². The molecule has 1 fully saturated rings. The minimum absolute atomic E-state index is 0.134. The molecule has 2 rings (SSSR count). The summed E-state index contributed by atoms with van der Waals surface area (Å²) in [6.07, 6.45) is 2.84. The fourth-order valence-corrected chi connectivity index (χ4v) is 1.87. The topological polar surface area (TPSA) is 39.9 Å². The second-order valence-corrected chi connectivity index (χ2v) is 4.95. The lowest BCUT2D eigenvalue weighted by Gasteiger charge is -2.33. The molecule has 1 aromatic heterocycles. The molecule has 2 unspecified atom stereocenters. The number of hydrogen-bond acceptors (Lipinski definition) is 3. The average molecular weight is 263 g/mol. The SMILES string of the molecule is CC1CCN(c2ccc(C#N)cn2)CC1F.CCC. The molecule has 2 heterocycles. The van der Waals surface area contributed by atoms with Gasteiger partial charge >= 0.3 is 0 Å². The fraction of sp³-hybridized carbons (Fsp3) is 0.600. The fourth-order valence-electron chi connectivity index (χ4n) is 1.87. The van der Waals surface area contributed by atoms with E-state index in [1.165, 1.54) is 12.6 Å². The first-order chi connectivity index (χ1) is 9.12. The van der Waals surface area contributed by atoms with E-state index in [1.807, 2.05) is 17.9 Å². The van der Waals surface area contributed by atoms with E-state index in [2.05, 4.69) is 18.8 Å². The molecular formula is C15H22FN3. The van der Waals surface area contributed by atoms with Gasteiger partial charge in [-0.2, -0.15) is 5.26 Å². The molecule has 0 aliphatic carbocycles. The number of pyridine rings is 1. The number of aromatic nitrogens is 1. The Bertz CT molecular complexity index is 410. The van der Waals surface area contributed by atoms with E-state index in [1.54, 1.807) is 12.1 Å². The second kappa shape index (κ2) is 7.73. The Morgan fingerprint density at radius 3 is 2.63 bits per heavy atom. The number of nitriles is 1. The molecule has 104 valence electrons. The van der Waals surface area contributed by atoms with Crippen molar-refractivity contribution in [2.45, 2.75) is 39.8 Å². The first-order valence-electron chi connectivity index (χ1n) is 6.87. The maximum Gasteiger partial charge on any atom is 0.128 e. The monoisotopic (exact) mass is 263 g/mol. The molecule has 0 spiro atoms. The Hall–Kier alpha value is -1.63. The average Bonchev–Trinajstić information content (AvgIpc) is 2.43. The molecule has 0 aromatic carbocycles. The van der Waals surface area contributed by atoms with Gasteiger partial charge in [0.2, 0.25) is 0 Å². The summed E-state index contributed by atoms with van der Waals surface area (Å²) in [5, 5.41) is 8.65. The van der Waals surface area contributed by atoms with Gasteiger partial charge in [0, 0.05) is 12.7 Å². The van der Waals surface area contributed by atoms with Crippen molar-refractivity contribution in [1.82, 2.24) is 4.98 Å². The molecule has 1 aliphatic heterocycles. The van der Waals surface area contributed by atoms with Gasteiger partial charge in [-0.25, -0.2) is 9.37 Å². The minimum Gasteiger partial charge on any atom is -0.354 e. The van der Waals surface area contributed by atoms with Crippen LogP contribution in [-0.4, -0.2) is 24.2 Å². The summed E-state index contributed by atoms with van der Waals surface area (Å²) in [4.78, 5) is 6.11. The minimum atomic E-state index is -0.786. The van der Waals surface area contributed by atoms with Crippen molar-refractivity contribution in [2.75, 3.05) is 18.0 Å². The highest BCUT2D eigenvalue weighted by atomic mass is 19.1. The van der Waals surface area contributed by atoms with Gasteiger partial charge in [-0.3, -0.25) is 0 Å². The van der Waals surface area contributed by atoms with Crippen LogP contribution in [0.15, 0.2) is 18.3 Å². The van der Waals surface area contributed by atoms with Crippen molar-refractivity contribution in [2.24, 2.45) is 5.92 Å². The van der Waals surface area contributed by atoms with Crippen molar-refractivity contribution in [1.29, 1.82) is 5.26 Å². The molecule has 0 amide bonds. The number of hydrogen-bond donors (Lipinski definition) is 0. The zero-order valence-electron chi connectivity index (χ0n) is 11.9. The molecule has 0 N–H and O–H groups in total. The van der Waals surface area contributed by atoms with Crippen molar-refractivity contribution < 1.29 is 4.39 Å². The predicted molar refractivity (Wildman–Crippen MR) is 75.8 cm³/mol. The van der Waals surface area contributed by atoms with Crippen LogP contribution in [0.4, 0.5) is 10.2 Å². The van der Waals surface area contributed by atoms with Gasteiger partial charge in [-0.1, -0.05) is 27.2 Å². The Balaban J connectivity index is 0.000000550. The highest BCUT2D eigenvalue weighted by molar-refractivity contribution is 5.42. The second-order valence-electron chi connectivity index (χ2n) is 4.95. The lowest BCUT2D eigenvalue weighted by Crippen LogP contribution is -2.41. The van der Waals surface area contributed by atoms with Gasteiger partial charge in [0.15, 0.2) is 0 Å². The highest BCUT2D eigenvalue weighted by Crippen LogP contribution is 2.23. The Morgan fingerprint density at radius 2 is 2.16 bits per heavy atom. The Morgan fingerprint density at radius 1 is 1.47 bits per heavy atom. The number of alkyl halides is 1. The quantitative estimate of drug-likeness (QED) is 0.778. The van der Waals surface area contributed by atoms with Gasteiger partial charge in [0.25, 0.3) is 0 Å². The first kappa shape index (κ1) is 15.4. The smallest absolute Gasteiger partial charge is 0.128 e. The Kier molecular flexibility index (Phi) is 6.27. The van der Waals surface area contributed by atoms with Crippen molar-refractivity contribution in [3.63, 3.8) is 0 Å². The lowest BCUT2D eigenvalue weighted by molar-refractivity contribution is 0.211. The van der Waals surface area contributed by atoms with Crippen LogP contribution in [-0.2, 0) is 0 Å². The summed E-state index contributed by atoms with van der Waals surface area (Å²) in [5.74, 6) is 0.892. The van der Waals surface area contributed by atoms with Crippen LogP contribution in [0.5, 0.6) is 0 Å². The molecule has 3 nitrogen and oxygen atoms in total. The first-order valence-corrected chi connectivity index (χ1v) is 6.87. The molecule has 2 atom stereocenters. The molecule has 1 saturated heterocycles. The molecule has 0 radical (unpaired) electrons. The molecule has 0 saturated carbocycles.